The molecule has 1 fully saturated rings. The van der Waals surface area contributed by atoms with Crippen molar-refractivity contribution in [3.63, 3.8) is 0 Å². The van der Waals surface area contributed by atoms with E-state index in [1.54, 1.807) is 0 Å². The Morgan fingerprint density at radius 2 is 2.24 bits per heavy atom. The molecule has 3 N–H and O–H groups in total. The number of nitrogens with zero attached hydrogens (tertiary/aromatic N) is 2. The number of carbonyl (C=O) groups is 1. The van der Waals surface area contributed by atoms with Crippen LogP contribution < -0.4 is 11.2 Å². The number of aldehydes is 1. The van der Waals surface area contributed by atoms with Gasteiger partial charge in [-0.25, -0.2) is 5.01 Å². The van der Waals surface area contributed by atoms with Gasteiger partial charge in [0.05, 0.1) is 6.54 Å². The highest BCUT2D eigenvalue weighted by Crippen LogP contribution is 2.19. The van der Waals surface area contributed by atoms with Crippen LogP contribution >= 0.6 is 0 Å². The third-order valence-corrected chi connectivity index (χ3v) is 4.18. The molecule has 0 spiro atoms. The molecule has 1 heterocycles. The Morgan fingerprint density at radius 3 is 2.95 bits per heavy atom. The zero-order valence-corrected chi connectivity index (χ0v) is 13.5. The molecule has 1 aliphatic heterocycles. The van der Waals surface area contributed by atoms with Crippen LogP contribution in [-0.4, -0.2) is 62.0 Å². The molecule has 21 heavy (non-hydrogen) atoms. The Bertz CT molecular complexity index is 309. The van der Waals surface area contributed by atoms with Gasteiger partial charge in [0.2, 0.25) is 0 Å². The van der Waals surface area contributed by atoms with Gasteiger partial charge in [-0.05, 0) is 51.2 Å². The lowest BCUT2D eigenvalue weighted by molar-refractivity contribution is -0.107. The van der Waals surface area contributed by atoms with Crippen molar-refractivity contribution in [2.75, 3.05) is 45.8 Å². The zero-order chi connectivity index (χ0) is 15.5. The first-order valence-corrected chi connectivity index (χ1v) is 8.18. The SMILES string of the molecule is C=C(CC)CC1CCN(CCCNCC=O)CCN(N)C1. The van der Waals surface area contributed by atoms with Gasteiger partial charge in [-0.15, -0.1) is 0 Å². The first kappa shape index (κ1) is 18.3. The molecule has 1 aliphatic rings. The van der Waals surface area contributed by atoms with Crippen LogP contribution in [0.1, 0.15) is 32.6 Å². The average molecular weight is 296 g/mol. The molecule has 0 aromatic rings. The van der Waals surface area contributed by atoms with E-state index in [1.807, 2.05) is 5.01 Å². The molecule has 0 radical (unpaired) electrons. The summed E-state index contributed by atoms with van der Waals surface area (Å²) in [4.78, 5) is 12.7. The van der Waals surface area contributed by atoms with Crippen LogP contribution in [0.15, 0.2) is 12.2 Å². The maximum atomic E-state index is 10.2. The minimum absolute atomic E-state index is 0.456. The molecule has 1 unspecified atom stereocenters. The van der Waals surface area contributed by atoms with Gasteiger partial charge in [-0.3, -0.25) is 5.84 Å². The van der Waals surface area contributed by atoms with E-state index in [4.69, 9.17) is 5.84 Å². The maximum Gasteiger partial charge on any atom is 0.133 e. The largest absolute Gasteiger partial charge is 0.310 e. The van der Waals surface area contributed by atoms with Crippen LogP contribution in [0.2, 0.25) is 0 Å². The number of carbonyl (C=O) groups excluding carboxylic acids is 1. The number of hydrazine groups is 1. The highest BCUT2D eigenvalue weighted by Gasteiger charge is 2.18. The summed E-state index contributed by atoms with van der Waals surface area (Å²) >= 11 is 0. The lowest BCUT2D eigenvalue weighted by Crippen LogP contribution is -2.45. The lowest BCUT2D eigenvalue weighted by atomic mass is 9.94. The quantitative estimate of drug-likeness (QED) is 0.288. The van der Waals surface area contributed by atoms with Gasteiger partial charge >= 0.3 is 0 Å². The number of allylic oxidation sites excluding steroid dienone is 1. The van der Waals surface area contributed by atoms with Crippen molar-refractivity contribution in [2.24, 2.45) is 11.8 Å². The predicted molar refractivity (Wildman–Crippen MR) is 87.9 cm³/mol. The standard InChI is InChI=1S/C16H32N4O/c1-3-15(2)13-16-5-9-19(10-11-20(17)14-16)8-4-6-18-7-12-21/h12,16,18H,2-11,13-14,17H2,1H3. The van der Waals surface area contributed by atoms with Gasteiger partial charge in [-0.2, -0.15) is 0 Å². The van der Waals surface area contributed by atoms with Crippen molar-refractivity contribution in [2.45, 2.75) is 32.6 Å². The van der Waals surface area contributed by atoms with Crippen LogP contribution in [0.4, 0.5) is 0 Å². The molecule has 5 nitrogen and oxygen atoms in total. The monoisotopic (exact) mass is 296 g/mol. The molecule has 0 aliphatic carbocycles. The lowest BCUT2D eigenvalue weighted by Gasteiger charge is -2.33. The van der Waals surface area contributed by atoms with E-state index in [9.17, 15) is 4.79 Å². The van der Waals surface area contributed by atoms with Crippen LogP contribution in [0.25, 0.3) is 0 Å². The van der Waals surface area contributed by atoms with Gasteiger partial charge in [0.15, 0.2) is 0 Å². The van der Waals surface area contributed by atoms with Crippen molar-refractivity contribution in [1.29, 1.82) is 0 Å². The average Bonchev–Trinajstić information content (AvgIpc) is 2.46. The summed E-state index contributed by atoms with van der Waals surface area (Å²) < 4.78 is 0. The Labute approximate surface area is 129 Å². The van der Waals surface area contributed by atoms with Crippen molar-refractivity contribution in [1.82, 2.24) is 15.2 Å². The summed E-state index contributed by atoms with van der Waals surface area (Å²) in [6.07, 6.45) is 5.33. The van der Waals surface area contributed by atoms with E-state index in [1.165, 1.54) is 12.0 Å². The summed E-state index contributed by atoms with van der Waals surface area (Å²) in [6, 6.07) is 0. The second kappa shape index (κ2) is 10.9. The van der Waals surface area contributed by atoms with Crippen molar-refractivity contribution < 1.29 is 4.79 Å². The first-order valence-electron chi connectivity index (χ1n) is 8.18. The van der Waals surface area contributed by atoms with Gasteiger partial charge < -0.3 is 15.0 Å². The molecule has 122 valence electrons. The normalized spacial score (nSPS) is 21.7. The zero-order valence-electron chi connectivity index (χ0n) is 13.5. The molecule has 0 bridgehead atoms. The minimum atomic E-state index is 0.456. The third kappa shape index (κ3) is 8.31. The molecule has 1 saturated heterocycles. The Balaban J connectivity index is 2.32. The van der Waals surface area contributed by atoms with Crippen LogP contribution in [-0.2, 0) is 4.79 Å². The summed E-state index contributed by atoms with van der Waals surface area (Å²) in [5, 5.41) is 5.08. The second-order valence-electron chi connectivity index (χ2n) is 6.02. The van der Waals surface area contributed by atoms with Gasteiger partial charge in [-0.1, -0.05) is 19.1 Å². The van der Waals surface area contributed by atoms with Crippen molar-refractivity contribution in [3.05, 3.63) is 12.2 Å². The molecule has 5 heteroatoms. The van der Waals surface area contributed by atoms with E-state index < -0.39 is 0 Å². The molecule has 0 aromatic heterocycles. The molecular weight excluding hydrogens is 264 g/mol. The Hall–Kier alpha value is -0.750. The van der Waals surface area contributed by atoms with E-state index in [0.29, 0.717) is 12.5 Å². The van der Waals surface area contributed by atoms with Gasteiger partial charge in [0.1, 0.15) is 6.29 Å². The first-order chi connectivity index (χ1) is 10.2. The number of nitrogens with one attached hydrogen (secondary N) is 1. The Morgan fingerprint density at radius 1 is 1.43 bits per heavy atom. The molecule has 0 amide bonds. The van der Waals surface area contributed by atoms with Crippen molar-refractivity contribution in [3.8, 4) is 0 Å². The van der Waals surface area contributed by atoms with E-state index >= 15 is 0 Å². The van der Waals surface area contributed by atoms with E-state index in [2.05, 4.69) is 23.7 Å². The molecule has 0 aromatic carbocycles. The highest BCUT2D eigenvalue weighted by molar-refractivity contribution is 5.51. The van der Waals surface area contributed by atoms with Crippen LogP contribution in [0.5, 0.6) is 0 Å². The van der Waals surface area contributed by atoms with Gasteiger partial charge in [0, 0.05) is 19.6 Å². The Kier molecular flexibility index (Phi) is 9.50. The highest BCUT2D eigenvalue weighted by atomic mass is 16.1. The van der Waals surface area contributed by atoms with Crippen LogP contribution in [0, 0.1) is 5.92 Å². The summed E-state index contributed by atoms with van der Waals surface area (Å²) in [5.41, 5.74) is 1.33. The molecule has 1 atom stereocenters. The molecular formula is C16H32N4O. The second-order valence-corrected chi connectivity index (χ2v) is 6.02. The van der Waals surface area contributed by atoms with Crippen molar-refractivity contribution >= 4 is 6.29 Å². The number of nitrogens with two attached hydrogens (primary N) is 1. The number of hydrogen-bond donors (Lipinski definition) is 2. The fourth-order valence-corrected chi connectivity index (χ4v) is 2.79. The fourth-order valence-electron chi connectivity index (χ4n) is 2.79. The van der Waals surface area contributed by atoms with Crippen LogP contribution in [0.3, 0.4) is 0 Å². The topological polar surface area (TPSA) is 61.6 Å². The summed E-state index contributed by atoms with van der Waals surface area (Å²) in [5.74, 6) is 6.72. The summed E-state index contributed by atoms with van der Waals surface area (Å²) in [7, 11) is 0. The number of rotatable bonds is 9. The molecule has 1 rings (SSSR count). The smallest absolute Gasteiger partial charge is 0.133 e. The number of hydrogen-bond acceptors (Lipinski definition) is 5. The fraction of sp³-hybridized carbons (Fsp3) is 0.812. The summed E-state index contributed by atoms with van der Waals surface area (Å²) in [6.45, 7) is 12.8. The van der Waals surface area contributed by atoms with E-state index in [-0.39, 0.29) is 0 Å². The minimum Gasteiger partial charge on any atom is -0.310 e. The maximum absolute atomic E-state index is 10.2. The molecule has 0 saturated carbocycles. The van der Waals surface area contributed by atoms with Gasteiger partial charge in [0.25, 0.3) is 0 Å². The predicted octanol–water partition coefficient (Wildman–Crippen LogP) is 1.02. The van der Waals surface area contributed by atoms with E-state index in [0.717, 1.165) is 64.8 Å². The third-order valence-electron chi connectivity index (χ3n) is 4.18.